The summed E-state index contributed by atoms with van der Waals surface area (Å²) in [6.45, 7) is 2.45. The number of amides is 1. The van der Waals surface area contributed by atoms with Crippen LogP contribution < -0.4 is 5.32 Å². The van der Waals surface area contributed by atoms with E-state index in [0.717, 1.165) is 5.56 Å². The third-order valence-corrected chi connectivity index (χ3v) is 2.11. The highest BCUT2D eigenvalue weighted by Crippen LogP contribution is 2.20. The van der Waals surface area contributed by atoms with E-state index in [1.54, 1.807) is 24.5 Å². The number of rotatable bonds is 3. The van der Waals surface area contributed by atoms with Crippen molar-refractivity contribution < 1.29 is 9.21 Å². The van der Waals surface area contributed by atoms with E-state index in [4.69, 9.17) is 4.42 Å². The fourth-order valence-corrected chi connectivity index (χ4v) is 1.37. The summed E-state index contributed by atoms with van der Waals surface area (Å²) in [6.07, 6.45) is 3.39. The molecular formula is C12H12N2O2. The number of carbonyl (C=O) groups excluding carboxylic acids is 1. The molecule has 0 unspecified atom stereocenters. The number of aromatic nitrogens is 1. The number of furan rings is 1. The lowest BCUT2D eigenvalue weighted by Gasteiger charge is -1.97. The summed E-state index contributed by atoms with van der Waals surface area (Å²) in [5, 5.41) is 2.68. The summed E-state index contributed by atoms with van der Waals surface area (Å²) in [4.78, 5) is 15.5. The van der Waals surface area contributed by atoms with Crippen molar-refractivity contribution in [3.8, 4) is 11.3 Å². The Morgan fingerprint density at radius 3 is 3.00 bits per heavy atom. The van der Waals surface area contributed by atoms with E-state index >= 15 is 0 Å². The highest BCUT2D eigenvalue weighted by Gasteiger charge is 2.10. The Hall–Kier alpha value is -2.10. The highest BCUT2D eigenvalue weighted by atomic mass is 16.3. The fourth-order valence-electron chi connectivity index (χ4n) is 1.37. The van der Waals surface area contributed by atoms with Gasteiger partial charge in [-0.15, -0.1) is 0 Å². The van der Waals surface area contributed by atoms with Gasteiger partial charge in [0.15, 0.2) is 5.76 Å². The van der Waals surface area contributed by atoms with E-state index in [-0.39, 0.29) is 5.91 Å². The standard InChI is InChI=1S/C12H12N2O2/c1-2-14-12(15)11-6-5-10(16-11)9-4-3-7-13-8-9/h3-8H,2H2,1H3,(H,14,15). The maximum absolute atomic E-state index is 11.5. The van der Waals surface area contributed by atoms with Gasteiger partial charge >= 0.3 is 0 Å². The summed E-state index contributed by atoms with van der Waals surface area (Å²) >= 11 is 0. The van der Waals surface area contributed by atoms with Gasteiger partial charge in [0.1, 0.15) is 5.76 Å². The molecule has 0 fully saturated rings. The predicted octanol–water partition coefficient (Wildman–Crippen LogP) is 2.09. The first-order valence-corrected chi connectivity index (χ1v) is 5.09. The van der Waals surface area contributed by atoms with Crippen LogP contribution in [0, 0.1) is 0 Å². The summed E-state index contributed by atoms with van der Waals surface area (Å²) in [5.41, 5.74) is 0.859. The minimum atomic E-state index is -0.197. The van der Waals surface area contributed by atoms with Crippen LogP contribution in [0.5, 0.6) is 0 Å². The lowest BCUT2D eigenvalue weighted by atomic mass is 10.2. The molecule has 1 amide bonds. The average molecular weight is 216 g/mol. The molecular weight excluding hydrogens is 204 g/mol. The second-order valence-electron chi connectivity index (χ2n) is 3.27. The molecule has 2 heterocycles. The molecule has 2 rings (SSSR count). The van der Waals surface area contributed by atoms with Gasteiger partial charge in [-0.3, -0.25) is 9.78 Å². The number of hydrogen-bond donors (Lipinski definition) is 1. The summed E-state index contributed by atoms with van der Waals surface area (Å²) in [7, 11) is 0. The Bertz CT molecular complexity index is 477. The van der Waals surface area contributed by atoms with Gasteiger partial charge in [-0.05, 0) is 31.2 Å². The first kappa shape index (κ1) is 10.4. The maximum Gasteiger partial charge on any atom is 0.287 e. The zero-order chi connectivity index (χ0) is 11.4. The zero-order valence-electron chi connectivity index (χ0n) is 8.93. The van der Waals surface area contributed by atoms with Crippen LogP contribution in [0.4, 0.5) is 0 Å². The van der Waals surface area contributed by atoms with Gasteiger partial charge in [0, 0.05) is 24.5 Å². The zero-order valence-corrected chi connectivity index (χ0v) is 8.93. The topological polar surface area (TPSA) is 55.1 Å². The quantitative estimate of drug-likeness (QED) is 0.854. The molecule has 0 aliphatic carbocycles. The van der Waals surface area contributed by atoms with Gasteiger partial charge < -0.3 is 9.73 Å². The second-order valence-corrected chi connectivity index (χ2v) is 3.27. The van der Waals surface area contributed by atoms with Gasteiger partial charge in [0.2, 0.25) is 0 Å². The molecule has 2 aromatic heterocycles. The van der Waals surface area contributed by atoms with Crippen LogP contribution in [0.25, 0.3) is 11.3 Å². The molecule has 82 valence electrons. The van der Waals surface area contributed by atoms with Crippen LogP contribution in [-0.2, 0) is 0 Å². The minimum Gasteiger partial charge on any atom is -0.451 e. The van der Waals surface area contributed by atoms with E-state index in [1.807, 2.05) is 19.1 Å². The highest BCUT2D eigenvalue weighted by molar-refractivity contribution is 5.91. The minimum absolute atomic E-state index is 0.197. The number of nitrogens with one attached hydrogen (secondary N) is 1. The normalized spacial score (nSPS) is 10.1. The second kappa shape index (κ2) is 4.61. The van der Waals surface area contributed by atoms with Gasteiger partial charge in [-0.25, -0.2) is 0 Å². The first-order valence-electron chi connectivity index (χ1n) is 5.09. The van der Waals surface area contributed by atoms with Crippen LogP contribution in [0.2, 0.25) is 0 Å². The van der Waals surface area contributed by atoms with Crippen molar-refractivity contribution in [2.75, 3.05) is 6.54 Å². The molecule has 0 aliphatic heterocycles. The lowest BCUT2D eigenvalue weighted by molar-refractivity contribution is 0.0929. The monoisotopic (exact) mass is 216 g/mol. The third-order valence-electron chi connectivity index (χ3n) is 2.11. The van der Waals surface area contributed by atoms with Crippen LogP contribution in [0.1, 0.15) is 17.5 Å². The molecule has 0 aliphatic rings. The molecule has 0 aromatic carbocycles. The molecule has 1 N–H and O–H groups in total. The third kappa shape index (κ3) is 2.11. The lowest BCUT2D eigenvalue weighted by Crippen LogP contribution is -2.21. The Morgan fingerprint density at radius 2 is 2.31 bits per heavy atom. The van der Waals surface area contributed by atoms with Gasteiger partial charge in [0.05, 0.1) is 0 Å². The number of carbonyl (C=O) groups is 1. The van der Waals surface area contributed by atoms with Crippen molar-refractivity contribution in [2.24, 2.45) is 0 Å². The van der Waals surface area contributed by atoms with Crippen molar-refractivity contribution in [3.05, 3.63) is 42.4 Å². The van der Waals surface area contributed by atoms with Gasteiger partial charge in [-0.1, -0.05) is 0 Å². The Labute approximate surface area is 93.3 Å². The molecule has 0 spiro atoms. The molecule has 0 radical (unpaired) electrons. The number of hydrogen-bond acceptors (Lipinski definition) is 3. The van der Waals surface area contributed by atoms with Crippen molar-refractivity contribution >= 4 is 5.91 Å². The smallest absolute Gasteiger partial charge is 0.287 e. The molecule has 0 atom stereocenters. The van der Waals surface area contributed by atoms with E-state index in [9.17, 15) is 4.79 Å². The number of pyridine rings is 1. The van der Waals surface area contributed by atoms with Crippen LogP contribution >= 0.6 is 0 Å². The number of nitrogens with zero attached hydrogens (tertiary/aromatic N) is 1. The van der Waals surface area contributed by atoms with E-state index < -0.39 is 0 Å². The van der Waals surface area contributed by atoms with Crippen molar-refractivity contribution in [2.45, 2.75) is 6.92 Å². The molecule has 0 saturated carbocycles. The fraction of sp³-hybridized carbons (Fsp3) is 0.167. The molecule has 4 heteroatoms. The van der Waals surface area contributed by atoms with Crippen molar-refractivity contribution in [1.29, 1.82) is 0 Å². The summed E-state index contributed by atoms with van der Waals surface area (Å²) < 4.78 is 5.43. The first-order chi connectivity index (χ1) is 7.81. The van der Waals surface area contributed by atoms with E-state index in [0.29, 0.717) is 18.1 Å². The van der Waals surface area contributed by atoms with E-state index in [1.165, 1.54) is 0 Å². The van der Waals surface area contributed by atoms with Gasteiger partial charge in [-0.2, -0.15) is 0 Å². The molecule has 4 nitrogen and oxygen atoms in total. The Morgan fingerprint density at radius 1 is 1.44 bits per heavy atom. The van der Waals surface area contributed by atoms with Crippen LogP contribution in [0.3, 0.4) is 0 Å². The van der Waals surface area contributed by atoms with Crippen LogP contribution in [-0.4, -0.2) is 17.4 Å². The van der Waals surface area contributed by atoms with E-state index in [2.05, 4.69) is 10.3 Å². The Kier molecular flexibility index (Phi) is 3.00. The predicted molar refractivity (Wildman–Crippen MR) is 59.9 cm³/mol. The maximum atomic E-state index is 11.5. The summed E-state index contributed by atoms with van der Waals surface area (Å²) in [5.74, 6) is 0.771. The molecule has 0 saturated heterocycles. The summed E-state index contributed by atoms with van der Waals surface area (Å²) in [6, 6.07) is 7.13. The van der Waals surface area contributed by atoms with Crippen LogP contribution in [0.15, 0.2) is 41.1 Å². The Balaban J connectivity index is 2.23. The average Bonchev–Trinajstić information content (AvgIpc) is 2.80. The molecule has 0 bridgehead atoms. The van der Waals surface area contributed by atoms with Crippen molar-refractivity contribution in [3.63, 3.8) is 0 Å². The largest absolute Gasteiger partial charge is 0.451 e. The SMILES string of the molecule is CCNC(=O)c1ccc(-c2cccnc2)o1. The van der Waals surface area contributed by atoms with Gasteiger partial charge in [0.25, 0.3) is 5.91 Å². The van der Waals surface area contributed by atoms with Crippen molar-refractivity contribution in [1.82, 2.24) is 10.3 Å². The molecule has 2 aromatic rings. The molecule has 16 heavy (non-hydrogen) atoms.